The number of fused-ring (bicyclic) bond motifs is 1. The van der Waals surface area contributed by atoms with Gasteiger partial charge < -0.3 is 19.7 Å². The average molecular weight is 402 g/mol. The van der Waals surface area contributed by atoms with Crippen LogP contribution < -0.4 is 10.1 Å². The third kappa shape index (κ3) is 5.26. The predicted molar refractivity (Wildman–Crippen MR) is 110 cm³/mol. The zero-order valence-corrected chi connectivity index (χ0v) is 17.7. The second-order valence-electron chi connectivity index (χ2n) is 8.04. The molecule has 0 saturated heterocycles. The quantitative estimate of drug-likeness (QED) is 0.739. The van der Waals surface area contributed by atoms with Crippen molar-refractivity contribution in [3.63, 3.8) is 0 Å². The Bertz CT molecular complexity index is 849. The van der Waals surface area contributed by atoms with Gasteiger partial charge in [-0.2, -0.15) is 0 Å². The van der Waals surface area contributed by atoms with Crippen LogP contribution in [0.15, 0.2) is 18.2 Å². The van der Waals surface area contributed by atoms with Gasteiger partial charge in [0.05, 0.1) is 13.2 Å². The molecule has 158 valence electrons. The van der Waals surface area contributed by atoms with Crippen molar-refractivity contribution in [1.29, 1.82) is 0 Å². The van der Waals surface area contributed by atoms with E-state index < -0.39 is 0 Å². The molecule has 2 heterocycles. The molecule has 1 aliphatic heterocycles. The number of phenolic OH excluding ortho intramolecular Hbond substituents is 1. The number of hydrogen-bond acceptors (Lipinski definition) is 6. The van der Waals surface area contributed by atoms with Crippen molar-refractivity contribution in [2.75, 3.05) is 20.2 Å². The molecular formula is C21H31N5O3. The first-order chi connectivity index (χ1) is 13.9. The van der Waals surface area contributed by atoms with Crippen LogP contribution in [0, 0.1) is 5.92 Å². The molecule has 1 unspecified atom stereocenters. The van der Waals surface area contributed by atoms with Gasteiger partial charge in [0.25, 0.3) is 0 Å². The van der Waals surface area contributed by atoms with Crippen LogP contribution in [0.4, 0.5) is 0 Å². The van der Waals surface area contributed by atoms with E-state index in [-0.39, 0.29) is 17.7 Å². The Morgan fingerprint density at radius 3 is 2.76 bits per heavy atom. The van der Waals surface area contributed by atoms with Gasteiger partial charge in [0, 0.05) is 39.5 Å². The zero-order chi connectivity index (χ0) is 21.0. The zero-order valence-electron chi connectivity index (χ0n) is 17.7. The minimum atomic E-state index is -0.123. The van der Waals surface area contributed by atoms with E-state index in [0.717, 1.165) is 56.2 Å². The number of hydrogen-bond donors (Lipinski definition) is 2. The summed E-state index contributed by atoms with van der Waals surface area (Å²) >= 11 is 0. The van der Waals surface area contributed by atoms with Gasteiger partial charge in [0.15, 0.2) is 17.3 Å². The van der Waals surface area contributed by atoms with Crippen LogP contribution in [0.5, 0.6) is 11.5 Å². The summed E-state index contributed by atoms with van der Waals surface area (Å²) in [5.41, 5.74) is 1.09. The van der Waals surface area contributed by atoms with Gasteiger partial charge in [-0.25, -0.2) is 0 Å². The van der Waals surface area contributed by atoms with Gasteiger partial charge in [-0.05, 0) is 30.0 Å². The Morgan fingerprint density at radius 1 is 1.28 bits per heavy atom. The molecule has 1 amide bonds. The second kappa shape index (κ2) is 9.26. The van der Waals surface area contributed by atoms with E-state index in [1.807, 2.05) is 12.1 Å². The molecule has 0 bridgehead atoms. The maximum Gasteiger partial charge on any atom is 0.217 e. The molecule has 0 spiro atoms. The van der Waals surface area contributed by atoms with Gasteiger partial charge in [-0.3, -0.25) is 9.69 Å². The number of amides is 1. The number of methoxy groups -OCH3 is 1. The van der Waals surface area contributed by atoms with E-state index in [0.29, 0.717) is 11.7 Å². The van der Waals surface area contributed by atoms with Crippen LogP contribution in [0.1, 0.15) is 50.4 Å². The largest absolute Gasteiger partial charge is 0.504 e. The van der Waals surface area contributed by atoms with E-state index in [1.54, 1.807) is 20.1 Å². The Kier molecular flexibility index (Phi) is 6.74. The van der Waals surface area contributed by atoms with Crippen molar-refractivity contribution in [3.8, 4) is 11.5 Å². The van der Waals surface area contributed by atoms with Crippen LogP contribution >= 0.6 is 0 Å². The van der Waals surface area contributed by atoms with Crippen molar-refractivity contribution in [2.24, 2.45) is 5.92 Å². The number of rotatable bonds is 7. The number of nitrogens with one attached hydrogen (secondary N) is 1. The van der Waals surface area contributed by atoms with Gasteiger partial charge in [0.2, 0.25) is 5.91 Å². The molecule has 0 saturated carbocycles. The highest BCUT2D eigenvalue weighted by Gasteiger charge is 2.25. The predicted octanol–water partition coefficient (Wildman–Crippen LogP) is 2.27. The maximum atomic E-state index is 11.7. The maximum absolute atomic E-state index is 11.7. The third-order valence-corrected chi connectivity index (χ3v) is 5.19. The Balaban J connectivity index is 1.72. The van der Waals surface area contributed by atoms with Crippen molar-refractivity contribution in [3.05, 3.63) is 35.4 Å². The highest BCUT2D eigenvalue weighted by atomic mass is 16.5. The molecule has 1 aromatic carbocycles. The standard InChI is InChI=1S/C21H31N5O3/c1-14(2)11-17(22-15(3)27)21-24-23-20-7-8-25(9-10-26(20)21)13-16-5-6-18(28)19(12-16)29-4/h5-6,12,14,17,28H,7-11,13H2,1-4H3,(H,22,27). The van der Waals surface area contributed by atoms with Crippen LogP contribution in [0.3, 0.4) is 0 Å². The number of carbonyl (C=O) groups excluding carboxylic acids is 1. The number of aromatic hydroxyl groups is 1. The Hall–Kier alpha value is -2.61. The fourth-order valence-electron chi connectivity index (χ4n) is 3.83. The van der Waals surface area contributed by atoms with Crippen molar-refractivity contribution in [1.82, 2.24) is 25.0 Å². The van der Waals surface area contributed by atoms with E-state index in [9.17, 15) is 9.90 Å². The molecule has 1 aromatic heterocycles. The molecule has 0 fully saturated rings. The van der Waals surface area contributed by atoms with E-state index in [2.05, 4.69) is 38.8 Å². The van der Waals surface area contributed by atoms with Crippen molar-refractivity contribution < 1.29 is 14.6 Å². The topological polar surface area (TPSA) is 92.5 Å². The number of carbonyl (C=O) groups is 1. The number of benzene rings is 1. The summed E-state index contributed by atoms with van der Waals surface area (Å²) in [6, 6.07) is 5.34. The highest BCUT2D eigenvalue weighted by molar-refractivity contribution is 5.73. The molecule has 2 aromatic rings. The molecule has 2 N–H and O–H groups in total. The molecule has 3 rings (SSSR count). The Labute approximate surface area is 171 Å². The third-order valence-electron chi connectivity index (χ3n) is 5.19. The van der Waals surface area contributed by atoms with Crippen molar-refractivity contribution >= 4 is 5.91 Å². The fraction of sp³-hybridized carbons (Fsp3) is 0.571. The molecule has 0 radical (unpaired) electrons. The smallest absolute Gasteiger partial charge is 0.217 e. The normalized spacial score (nSPS) is 15.6. The van der Waals surface area contributed by atoms with E-state index in [1.165, 1.54) is 0 Å². The molecule has 1 aliphatic rings. The summed E-state index contributed by atoms with van der Waals surface area (Å²) in [5, 5.41) is 21.7. The lowest BCUT2D eigenvalue weighted by Gasteiger charge is -2.22. The Morgan fingerprint density at radius 2 is 2.07 bits per heavy atom. The summed E-state index contributed by atoms with van der Waals surface area (Å²) in [7, 11) is 1.56. The number of nitrogens with zero attached hydrogens (tertiary/aromatic N) is 4. The number of aromatic nitrogens is 3. The molecule has 1 atom stereocenters. The van der Waals surface area contributed by atoms with Gasteiger partial charge >= 0.3 is 0 Å². The lowest BCUT2D eigenvalue weighted by atomic mass is 10.0. The molecule has 8 nitrogen and oxygen atoms in total. The summed E-state index contributed by atoms with van der Waals surface area (Å²) in [6.07, 6.45) is 1.63. The van der Waals surface area contributed by atoms with Gasteiger partial charge in [-0.1, -0.05) is 19.9 Å². The van der Waals surface area contributed by atoms with Crippen LogP contribution in [-0.2, 0) is 24.3 Å². The minimum Gasteiger partial charge on any atom is -0.504 e. The monoisotopic (exact) mass is 401 g/mol. The number of phenols is 1. The SMILES string of the molecule is COc1cc(CN2CCc3nnc(C(CC(C)C)NC(C)=O)n3CC2)ccc1O. The van der Waals surface area contributed by atoms with Crippen LogP contribution in [0.2, 0.25) is 0 Å². The average Bonchev–Trinajstić information content (AvgIpc) is 2.96. The van der Waals surface area contributed by atoms with Gasteiger partial charge in [0.1, 0.15) is 5.82 Å². The summed E-state index contributed by atoms with van der Waals surface area (Å²) in [5.74, 6) is 2.83. The summed E-state index contributed by atoms with van der Waals surface area (Å²) in [4.78, 5) is 14.1. The first kappa shape index (κ1) is 21.1. The molecular weight excluding hydrogens is 370 g/mol. The molecule has 8 heteroatoms. The molecule has 0 aliphatic carbocycles. The minimum absolute atomic E-state index is 0.0514. The first-order valence-electron chi connectivity index (χ1n) is 10.1. The van der Waals surface area contributed by atoms with Crippen LogP contribution in [0.25, 0.3) is 0 Å². The summed E-state index contributed by atoms with van der Waals surface area (Å²) < 4.78 is 7.38. The number of ether oxygens (including phenoxy) is 1. The van der Waals surface area contributed by atoms with E-state index >= 15 is 0 Å². The fourth-order valence-corrected chi connectivity index (χ4v) is 3.83. The highest BCUT2D eigenvalue weighted by Crippen LogP contribution is 2.27. The van der Waals surface area contributed by atoms with Crippen molar-refractivity contribution in [2.45, 2.75) is 52.7 Å². The lowest BCUT2D eigenvalue weighted by Crippen LogP contribution is -2.31. The second-order valence-corrected chi connectivity index (χ2v) is 8.04. The van der Waals surface area contributed by atoms with E-state index in [4.69, 9.17) is 4.74 Å². The summed E-state index contributed by atoms with van der Waals surface area (Å²) in [6.45, 7) is 9.10. The van der Waals surface area contributed by atoms with Crippen LogP contribution in [-0.4, -0.2) is 50.9 Å². The lowest BCUT2D eigenvalue weighted by molar-refractivity contribution is -0.119. The van der Waals surface area contributed by atoms with Gasteiger partial charge in [-0.15, -0.1) is 10.2 Å². The molecule has 29 heavy (non-hydrogen) atoms. The first-order valence-corrected chi connectivity index (χ1v) is 10.1.